The summed E-state index contributed by atoms with van der Waals surface area (Å²) in [5.74, 6) is -0.507. The van der Waals surface area contributed by atoms with Crippen molar-refractivity contribution in [2.24, 2.45) is 0 Å². The lowest BCUT2D eigenvalue weighted by Gasteiger charge is -2.08. The maximum absolute atomic E-state index is 12.8. The molecule has 5 nitrogen and oxygen atoms in total. The highest BCUT2D eigenvalue weighted by atomic mass is 32.2. The van der Waals surface area contributed by atoms with Gasteiger partial charge in [-0.2, -0.15) is 0 Å². The Morgan fingerprint density at radius 2 is 2.19 bits per heavy atom. The van der Waals surface area contributed by atoms with Crippen molar-refractivity contribution in [1.82, 2.24) is 4.89 Å². The summed E-state index contributed by atoms with van der Waals surface area (Å²) in [5, 5.41) is 8.42. The number of rotatable bonds is 5. The molecular weight excluding hydrogens is 237 g/mol. The zero-order valence-corrected chi connectivity index (χ0v) is 9.42. The van der Waals surface area contributed by atoms with Gasteiger partial charge in [0.05, 0.1) is 18.1 Å². The lowest BCUT2D eigenvalue weighted by atomic mass is 10.2. The summed E-state index contributed by atoms with van der Waals surface area (Å²) in [6.07, 6.45) is 0. The van der Waals surface area contributed by atoms with Crippen LogP contribution >= 0.6 is 0 Å². The van der Waals surface area contributed by atoms with Crippen LogP contribution < -0.4 is 4.89 Å². The average Bonchev–Trinajstić information content (AvgIpc) is 2.17. The zero-order valence-electron chi connectivity index (χ0n) is 8.60. The Morgan fingerprint density at radius 3 is 2.75 bits per heavy atom. The first-order chi connectivity index (χ1) is 7.47. The van der Waals surface area contributed by atoms with Crippen molar-refractivity contribution < 1.29 is 22.8 Å². The van der Waals surface area contributed by atoms with E-state index in [2.05, 4.69) is 4.84 Å². The Bertz CT molecular complexity index is 461. The van der Waals surface area contributed by atoms with Crippen molar-refractivity contribution in [3.8, 4) is 0 Å². The highest BCUT2D eigenvalue weighted by Gasteiger charge is 2.16. The summed E-state index contributed by atoms with van der Waals surface area (Å²) in [4.78, 5) is 6.27. The van der Waals surface area contributed by atoms with Gasteiger partial charge >= 0.3 is 0 Å². The molecule has 0 fully saturated rings. The largest absolute Gasteiger partial charge is 0.394 e. The van der Waals surface area contributed by atoms with Crippen LogP contribution in [0.15, 0.2) is 23.1 Å². The molecule has 0 saturated carbocycles. The van der Waals surface area contributed by atoms with Crippen LogP contribution in [-0.4, -0.2) is 26.7 Å². The standard InChI is InChI=1S/C9H12FNO4S/c1-7-6-8(10)2-3-9(7)16(13,14)11-15-5-4-12/h2-3,6,11-12H,4-5H2,1H3. The van der Waals surface area contributed by atoms with E-state index in [-0.39, 0.29) is 23.7 Å². The van der Waals surface area contributed by atoms with Crippen molar-refractivity contribution in [2.75, 3.05) is 13.2 Å². The first kappa shape index (κ1) is 13.0. The summed E-state index contributed by atoms with van der Waals surface area (Å²) in [7, 11) is -3.83. The molecule has 0 aliphatic heterocycles. The first-order valence-electron chi connectivity index (χ1n) is 4.48. The number of benzene rings is 1. The van der Waals surface area contributed by atoms with Crippen LogP contribution in [0.1, 0.15) is 5.56 Å². The molecule has 0 amide bonds. The molecule has 0 bridgehead atoms. The Hall–Kier alpha value is -1.02. The van der Waals surface area contributed by atoms with Gasteiger partial charge in [0.15, 0.2) is 0 Å². The number of hydrogen-bond acceptors (Lipinski definition) is 4. The number of nitrogens with one attached hydrogen (secondary N) is 1. The number of hydrogen-bond donors (Lipinski definition) is 2. The summed E-state index contributed by atoms with van der Waals surface area (Å²) in [6, 6.07) is 3.31. The van der Waals surface area contributed by atoms with Crippen LogP contribution in [-0.2, 0) is 14.9 Å². The van der Waals surface area contributed by atoms with E-state index in [9.17, 15) is 12.8 Å². The number of aliphatic hydroxyl groups is 1. The molecule has 0 unspecified atom stereocenters. The van der Waals surface area contributed by atoms with Gasteiger partial charge in [-0.15, -0.1) is 0 Å². The van der Waals surface area contributed by atoms with Gasteiger partial charge in [-0.05, 0) is 30.7 Å². The molecule has 0 aliphatic carbocycles. The quantitative estimate of drug-likeness (QED) is 0.582. The van der Waals surface area contributed by atoms with Crippen LogP contribution in [0, 0.1) is 12.7 Å². The molecule has 2 N–H and O–H groups in total. The molecule has 16 heavy (non-hydrogen) atoms. The topological polar surface area (TPSA) is 75.6 Å². The van der Waals surface area contributed by atoms with Gasteiger partial charge < -0.3 is 5.11 Å². The van der Waals surface area contributed by atoms with E-state index < -0.39 is 15.8 Å². The number of halogens is 1. The van der Waals surface area contributed by atoms with Crippen molar-refractivity contribution in [3.63, 3.8) is 0 Å². The Kier molecular flexibility index (Phi) is 4.36. The Labute approximate surface area is 92.9 Å². The minimum absolute atomic E-state index is 0.0631. The fourth-order valence-electron chi connectivity index (χ4n) is 1.12. The SMILES string of the molecule is Cc1cc(F)ccc1S(=O)(=O)NOCCO. The van der Waals surface area contributed by atoms with E-state index in [4.69, 9.17) is 5.11 Å². The maximum Gasteiger partial charge on any atom is 0.262 e. The Morgan fingerprint density at radius 1 is 1.50 bits per heavy atom. The fraction of sp³-hybridized carbons (Fsp3) is 0.333. The van der Waals surface area contributed by atoms with Gasteiger partial charge in [0.25, 0.3) is 10.0 Å². The highest BCUT2D eigenvalue weighted by molar-refractivity contribution is 7.89. The van der Waals surface area contributed by atoms with Crippen LogP contribution in [0.3, 0.4) is 0 Å². The molecule has 7 heteroatoms. The zero-order chi connectivity index (χ0) is 12.2. The average molecular weight is 249 g/mol. The second-order valence-corrected chi connectivity index (χ2v) is 4.68. The molecule has 1 aromatic rings. The predicted molar refractivity (Wildman–Crippen MR) is 54.5 cm³/mol. The van der Waals surface area contributed by atoms with E-state index >= 15 is 0 Å². The maximum atomic E-state index is 12.8. The van der Waals surface area contributed by atoms with Crippen molar-refractivity contribution in [1.29, 1.82) is 0 Å². The molecule has 0 radical (unpaired) electrons. The number of sulfonamides is 1. The Balaban J connectivity index is 2.90. The van der Waals surface area contributed by atoms with Crippen molar-refractivity contribution in [3.05, 3.63) is 29.6 Å². The molecule has 90 valence electrons. The third-order valence-electron chi connectivity index (χ3n) is 1.79. The molecule has 0 heterocycles. The monoisotopic (exact) mass is 249 g/mol. The van der Waals surface area contributed by atoms with Crippen LogP contribution in [0.4, 0.5) is 4.39 Å². The third kappa shape index (κ3) is 3.24. The molecule has 0 aliphatic rings. The normalized spacial score (nSPS) is 11.7. The summed E-state index contributed by atoms with van der Waals surface area (Å²) >= 11 is 0. The van der Waals surface area contributed by atoms with Crippen molar-refractivity contribution in [2.45, 2.75) is 11.8 Å². The second-order valence-electron chi connectivity index (χ2n) is 3.07. The summed E-state index contributed by atoms with van der Waals surface area (Å²) < 4.78 is 36.0. The van der Waals surface area contributed by atoms with E-state index in [1.165, 1.54) is 6.92 Å². The van der Waals surface area contributed by atoms with Crippen LogP contribution in [0.2, 0.25) is 0 Å². The van der Waals surface area contributed by atoms with Crippen LogP contribution in [0.5, 0.6) is 0 Å². The van der Waals surface area contributed by atoms with Gasteiger partial charge in [0.1, 0.15) is 5.82 Å². The minimum atomic E-state index is -3.83. The smallest absolute Gasteiger partial charge is 0.262 e. The van der Waals surface area contributed by atoms with E-state index in [0.717, 1.165) is 18.2 Å². The van der Waals surface area contributed by atoms with E-state index in [1.54, 1.807) is 0 Å². The summed E-state index contributed by atoms with van der Waals surface area (Å²) in [6.45, 7) is 1.02. The molecule has 0 aromatic heterocycles. The molecule has 1 aromatic carbocycles. The highest BCUT2D eigenvalue weighted by Crippen LogP contribution is 2.15. The van der Waals surface area contributed by atoms with E-state index in [1.807, 2.05) is 4.89 Å². The van der Waals surface area contributed by atoms with Gasteiger partial charge in [-0.1, -0.05) is 4.89 Å². The van der Waals surface area contributed by atoms with Gasteiger partial charge in [0, 0.05) is 0 Å². The van der Waals surface area contributed by atoms with Gasteiger partial charge in [-0.25, -0.2) is 12.8 Å². The number of aryl methyl sites for hydroxylation is 1. The lowest BCUT2D eigenvalue weighted by molar-refractivity contribution is 0.0601. The molecule has 0 spiro atoms. The lowest BCUT2D eigenvalue weighted by Crippen LogP contribution is -2.26. The van der Waals surface area contributed by atoms with Crippen LogP contribution in [0.25, 0.3) is 0 Å². The fourth-order valence-corrected chi connectivity index (χ4v) is 2.18. The first-order valence-corrected chi connectivity index (χ1v) is 5.96. The third-order valence-corrected chi connectivity index (χ3v) is 3.16. The predicted octanol–water partition coefficient (Wildman–Crippen LogP) is 0.336. The molecule has 0 saturated heterocycles. The molecule has 1 rings (SSSR count). The second kappa shape index (κ2) is 5.35. The minimum Gasteiger partial charge on any atom is -0.394 e. The van der Waals surface area contributed by atoms with E-state index in [0.29, 0.717) is 0 Å². The van der Waals surface area contributed by atoms with Gasteiger partial charge in [0.2, 0.25) is 0 Å². The van der Waals surface area contributed by atoms with Gasteiger partial charge in [-0.3, -0.25) is 4.84 Å². The van der Waals surface area contributed by atoms with Crippen molar-refractivity contribution >= 4 is 10.0 Å². The number of aliphatic hydroxyl groups excluding tert-OH is 1. The molecule has 0 atom stereocenters. The molecular formula is C9H12FNO4S. The summed E-state index contributed by atoms with van der Waals surface area (Å²) in [5.41, 5.74) is 0.278.